The molecule has 0 saturated carbocycles. The summed E-state index contributed by atoms with van der Waals surface area (Å²) in [6.07, 6.45) is 0. The summed E-state index contributed by atoms with van der Waals surface area (Å²) in [6.45, 7) is 1.47. The molecule has 0 saturated heterocycles. The van der Waals surface area contributed by atoms with E-state index < -0.39 is 29.1 Å². The summed E-state index contributed by atoms with van der Waals surface area (Å²) in [5.74, 6) is -1.66. The van der Waals surface area contributed by atoms with Crippen LogP contribution in [0.3, 0.4) is 0 Å². The van der Waals surface area contributed by atoms with E-state index in [2.05, 4.69) is 10.4 Å². The van der Waals surface area contributed by atoms with Crippen LogP contribution in [0.15, 0.2) is 59.4 Å². The normalized spacial score (nSPS) is 11.7. The third kappa shape index (κ3) is 4.22. The molecule has 28 heavy (non-hydrogen) atoms. The zero-order valence-electron chi connectivity index (χ0n) is 15.1. The lowest BCUT2D eigenvalue weighted by molar-refractivity contribution is -0.119. The molecule has 0 aliphatic carbocycles. The van der Waals surface area contributed by atoms with Crippen LogP contribution in [0.25, 0.3) is 11.3 Å². The number of methoxy groups -OCH3 is 1. The fourth-order valence-corrected chi connectivity index (χ4v) is 2.62. The number of nitrogens with one attached hydrogen (secondary N) is 1. The van der Waals surface area contributed by atoms with Crippen molar-refractivity contribution in [2.75, 3.05) is 12.4 Å². The van der Waals surface area contributed by atoms with Crippen molar-refractivity contribution in [3.05, 3.63) is 76.6 Å². The number of ether oxygens (including phenoxy) is 1. The van der Waals surface area contributed by atoms with E-state index in [1.807, 2.05) is 0 Å². The van der Waals surface area contributed by atoms with Gasteiger partial charge in [-0.15, -0.1) is 0 Å². The average molecular weight is 385 g/mol. The monoisotopic (exact) mass is 385 g/mol. The van der Waals surface area contributed by atoms with Crippen LogP contribution < -0.4 is 15.6 Å². The molecular weight excluding hydrogens is 368 g/mol. The summed E-state index contributed by atoms with van der Waals surface area (Å²) in [5, 5.41) is 6.64. The highest BCUT2D eigenvalue weighted by atomic mass is 19.1. The number of rotatable bonds is 5. The Morgan fingerprint density at radius 1 is 1.11 bits per heavy atom. The minimum atomic E-state index is -1.01. The fraction of sp³-hybridized carbons (Fsp3) is 0.150. The Morgan fingerprint density at radius 3 is 2.50 bits per heavy atom. The third-order valence-electron chi connectivity index (χ3n) is 4.07. The second kappa shape index (κ2) is 7.99. The maximum atomic E-state index is 13.3. The van der Waals surface area contributed by atoms with Crippen molar-refractivity contribution < 1.29 is 18.3 Å². The zero-order chi connectivity index (χ0) is 20.3. The van der Waals surface area contributed by atoms with E-state index in [-0.39, 0.29) is 5.69 Å². The zero-order valence-corrected chi connectivity index (χ0v) is 15.1. The van der Waals surface area contributed by atoms with Crippen molar-refractivity contribution in [1.29, 1.82) is 0 Å². The van der Waals surface area contributed by atoms with Crippen LogP contribution >= 0.6 is 0 Å². The molecule has 144 valence electrons. The van der Waals surface area contributed by atoms with E-state index in [1.165, 1.54) is 20.1 Å². The molecule has 2 aromatic carbocycles. The second-order valence-corrected chi connectivity index (χ2v) is 6.06. The molecule has 0 bridgehead atoms. The summed E-state index contributed by atoms with van der Waals surface area (Å²) in [5.41, 5.74) is 0.633. The molecule has 0 unspecified atom stereocenters. The van der Waals surface area contributed by atoms with E-state index in [9.17, 15) is 18.4 Å². The lowest BCUT2D eigenvalue weighted by Gasteiger charge is -2.15. The van der Waals surface area contributed by atoms with Crippen LogP contribution in [0.2, 0.25) is 0 Å². The van der Waals surface area contributed by atoms with Gasteiger partial charge in [-0.05, 0) is 37.3 Å². The SMILES string of the molecule is COc1cccc(-c2ccc(=O)n([C@@H](C)C(=O)Nc3cc(F)cc(F)c3)n2)c1. The number of amides is 1. The topological polar surface area (TPSA) is 73.2 Å². The van der Waals surface area contributed by atoms with Gasteiger partial charge in [-0.25, -0.2) is 13.5 Å². The van der Waals surface area contributed by atoms with E-state index >= 15 is 0 Å². The lowest BCUT2D eigenvalue weighted by Crippen LogP contribution is -2.33. The Kier molecular flexibility index (Phi) is 5.49. The number of carbonyl (C=O) groups is 1. The number of halogens is 2. The number of aromatic nitrogens is 2. The van der Waals surface area contributed by atoms with Gasteiger partial charge in [0.05, 0.1) is 12.8 Å². The van der Waals surface area contributed by atoms with Gasteiger partial charge in [-0.3, -0.25) is 9.59 Å². The summed E-state index contributed by atoms with van der Waals surface area (Å²) in [4.78, 5) is 24.7. The molecule has 1 atom stereocenters. The number of nitrogens with zero attached hydrogens (tertiary/aromatic N) is 2. The van der Waals surface area contributed by atoms with Gasteiger partial charge in [0.1, 0.15) is 23.4 Å². The Bertz CT molecular complexity index is 1060. The highest BCUT2D eigenvalue weighted by Crippen LogP contribution is 2.22. The van der Waals surface area contributed by atoms with Gasteiger partial charge < -0.3 is 10.1 Å². The maximum absolute atomic E-state index is 13.3. The lowest BCUT2D eigenvalue weighted by atomic mass is 10.1. The molecule has 3 rings (SSSR count). The summed E-state index contributed by atoms with van der Waals surface area (Å²) in [7, 11) is 1.54. The first-order valence-electron chi connectivity index (χ1n) is 8.38. The molecule has 1 aromatic heterocycles. The minimum Gasteiger partial charge on any atom is -0.497 e. The van der Waals surface area contributed by atoms with Gasteiger partial charge >= 0.3 is 0 Å². The first-order chi connectivity index (χ1) is 13.4. The summed E-state index contributed by atoms with van der Waals surface area (Å²) >= 11 is 0. The highest BCUT2D eigenvalue weighted by molar-refractivity contribution is 5.93. The van der Waals surface area contributed by atoms with Gasteiger partial charge in [-0.1, -0.05) is 12.1 Å². The first kappa shape index (κ1) is 19.2. The molecular formula is C20H17F2N3O3. The molecule has 0 fully saturated rings. The van der Waals surface area contributed by atoms with Crippen molar-refractivity contribution in [2.45, 2.75) is 13.0 Å². The van der Waals surface area contributed by atoms with Gasteiger partial charge in [0, 0.05) is 23.4 Å². The van der Waals surface area contributed by atoms with Crippen molar-refractivity contribution in [3.63, 3.8) is 0 Å². The van der Waals surface area contributed by atoms with Crippen LogP contribution in [0.5, 0.6) is 5.75 Å². The average Bonchev–Trinajstić information content (AvgIpc) is 2.67. The number of anilines is 1. The van der Waals surface area contributed by atoms with Crippen LogP contribution in [0.1, 0.15) is 13.0 Å². The molecule has 0 spiro atoms. The molecule has 6 nitrogen and oxygen atoms in total. The van der Waals surface area contributed by atoms with E-state index in [0.717, 1.165) is 16.8 Å². The molecule has 3 aromatic rings. The van der Waals surface area contributed by atoms with Gasteiger partial charge in [0.25, 0.3) is 5.56 Å². The summed E-state index contributed by atoms with van der Waals surface area (Å²) < 4.78 is 32.8. The van der Waals surface area contributed by atoms with Gasteiger partial charge in [-0.2, -0.15) is 5.10 Å². The molecule has 1 heterocycles. The van der Waals surface area contributed by atoms with Crippen molar-refractivity contribution in [3.8, 4) is 17.0 Å². The Balaban J connectivity index is 1.89. The van der Waals surface area contributed by atoms with E-state index in [0.29, 0.717) is 23.1 Å². The molecule has 1 N–H and O–H groups in total. The van der Waals surface area contributed by atoms with Crippen LogP contribution in [-0.4, -0.2) is 22.8 Å². The predicted octanol–water partition coefficient (Wildman–Crippen LogP) is 3.40. The third-order valence-corrected chi connectivity index (χ3v) is 4.07. The standard InChI is InChI=1S/C20H17F2N3O3/c1-12(20(27)23-16-10-14(21)9-15(22)11-16)25-19(26)7-6-18(24-25)13-4-3-5-17(8-13)28-2/h3-12H,1-2H3,(H,23,27)/t12-/m0/s1. The number of hydrogen-bond donors (Lipinski definition) is 1. The van der Waals surface area contributed by atoms with Gasteiger partial charge in [0.2, 0.25) is 5.91 Å². The van der Waals surface area contributed by atoms with Crippen molar-refractivity contribution in [2.24, 2.45) is 0 Å². The molecule has 8 heteroatoms. The van der Waals surface area contributed by atoms with E-state index in [4.69, 9.17) is 4.74 Å². The number of hydrogen-bond acceptors (Lipinski definition) is 4. The molecule has 0 aliphatic rings. The quantitative estimate of drug-likeness (QED) is 0.731. The Morgan fingerprint density at radius 2 is 1.82 bits per heavy atom. The minimum absolute atomic E-state index is 0.0497. The van der Waals surface area contributed by atoms with Crippen molar-refractivity contribution in [1.82, 2.24) is 9.78 Å². The fourth-order valence-electron chi connectivity index (χ4n) is 2.62. The van der Waals surface area contributed by atoms with Crippen molar-refractivity contribution >= 4 is 11.6 Å². The maximum Gasteiger partial charge on any atom is 0.267 e. The van der Waals surface area contributed by atoms with Crippen LogP contribution in [-0.2, 0) is 4.79 Å². The van der Waals surface area contributed by atoms with Crippen LogP contribution in [0.4, 0.5) is 14.5 Å². The highest BCUT2D eigenvalue weighted by Gasteiger charge is 2.19. The second-order valence-electron chi connectivity index (χ2n) is 6.06. The predicted molar refractivity (Wildman–Crippen MR) is 100 cm³/mol. The molecule has 0 aliphatic heterocycles. The first-order valence-corrected chi connectivity index (χ1v) is 8.38. The summed E-state index contributed by atoms with van der Waals surface area (Å²) in [6, 6.07) is 11.6. The number of carbonyl (C=O) groups excluding carboxylic acids is 1. The molecule has 0 radical (unpaired) electrons. The number of benzene rings is 2. The van der Waals surface area contributed by atoms with Gasteiger partial charge in [0.15, 0.2) is 0 Å². The molecule has 1 amide bonds. The Labute approximate surface area is 159 Å². The Hall–Kier alpha value is -3.55. The largest absolute Gasteiger partial charge is 0.497 e. The van der Waals surface area contributed by atoms with Crippen LogP contribution in [0, 0.1) is 11.6 Å². The van der Waals surface area contributed by atoms with E-state index in [1.54, 1.807) is 30.3 Å². The smallest absolute Gasteiger partial charge is 0.267 e.